The third-order valence-corrected chi connectivity index (χ3v) is 5.99. The maximum atomic E-state index is 12.9. The highest BCUT2D eigenvalue weighted by Gasteiger charge is 2.38. The Bertz CT molecular complexity index is 767. The molecule has 2 saturated heterocycles. The molecule has 1 aromatic carbocycles. The minimum Gasteiger partial charge on any atom is -0.385 e. The van der Waals surface area contributed by atoms with Crippen LogP contribution in [0.2, 0.25) is 0 Å². The number of nitrogens with zero attached hydrogens (tertiary/aromatic N) is 3. The van der Waals surface area contributed by atoms with E-state index in [-0.39, 0.29) is 30.1 Å². The summed E-state index contributed by atoms with van der Waals surface area (Å²) >= 11 is 3.43. The standard InChI is InChI=1S/C21H29BrN4O4/c1-30-11-3-6-23-19(27)15-24-7-9-25(10-8-24)21(29)16-12-20(28)26(14-16)18-5-2-4-17(22)13-18/h2,4-5,13,16H,3,6-12,14-15H2,1H3,(H,23,27). The minimum absolute atomic E-state index is 0.00284. The molecule has 2 aliphatic heterocycles. The first kappa shape index (κ1) is 22.7. The lowest BCUT2D eigenvalue weighted by Gasteiger charge is -2.35. The number of carbonyl (C=O) groups is 3. The highest BCUT2D eigenvalue weighted by atomic mass is 79.9. The highest BCUT2D eigenvalue weighted by molar-refractivity contribution is 9.10. The number of hydrogen-bond donors (Lipinski definition) is 1. The van der Waals surface area contributed by atoms with E-state index < -0.39 is 0 Å². The summed E-state index contributed by atoms with van der Waals surface area (Å²) in [5.74, 6) is -0.302. The van der Waals surface area contributed by atoms with E-state index in [9.17, 15) is 14.4 Å². The highest BCUT2D eigenvalue weighted by Crippen LogP contribution is 2.28. The van der Waals surface area contributed by atoms with E-state index in [1.54, 1.807) is 12.0 Å². The number of methoxy groups -OCH3 is 1. The number of ether oxygens (including phenoxy) is 1. The molecule has 2 aliphatic rings. The zero-order valence-corrected chi connectivity index (χ0v) is 18.9. The van der Waals surface area contributed by atoms with Crippen molar-refractivity contribution in [2.75, 3.05) is 64.4 Å². The van der Waals surface area contributed by atoms with Gasteiger partial charge in [-0.25, -0.2) is 0 Å². The van der Waals surface area contributed by atoms with Crippen molar-refractivity contribution < 1.29 is 19.1 Å². The van der Waals surface area contributed by atoms with E-state index in [0.717, 1.165) is 16.6 Å². The molecule has 0 aliphatic carbocycles. The second kappa shape index (κ2) is 10.9. The summed E-state index contributed by atoms with van der Waals surface area (Å²) in [5.41, 5.74) is 0.811. The fraction of sp³-hybridized carbons (Fsp3) is 0.571. The van der Waals surface area contributed by atoms with Crippen LogP contribution in [0.5, 0.6) is 0 Å². The number of carbonyl (C=O) groups excluding carboxylic acids is 3. The van der Waals surface area contributed by atoms with Crippen molar-refractivity contribution in [1.29, 1.82) is 0 Å². The van der Waals surface area contributed by atoms with Gasteiger partial charge < -0.3 is 19.9 Å². The first-order chi connectivity index (χ1) is 14.5. The number of hydrogen-bond acceptors (Lipinski definition) is 5. The quantitative estimate of drug-likeness (QED) is 0.563. The van der Waals surface area contributed by atoms with Crippen molar-refractivity contribution in [3.63, 3.8) is 0 Å². The SMILES string of the molecule is COCCCNC(=O)CN1CCN(C(=O)C2CC(=O)N(c3cccc(Br)c3)C2)CC1. The zero-order valence-electron chi connectivity index (χ0n) is 17.3. The van der Waals surface area contributed by atoms with Crippen molar-refractivity contribution in [3.8, 4) is 0 Å². The number of nitrogens with one attached hydrogen (secondary N) is 1. The van der Waals surface area contributed by atoms with Gasteiger partial charge in [0, 0.05) is 69.6 Å². The molecular formula is C21H29BrN4O4. The van der Waals surface area contributed by atoms with Crippen molar-refractivity contribution >= 4 is 39.3 Å². The van der Waals surface area contributed by atoms with E-state index >= 15 is 0 Å². The molecule has 2 fully saturated rings. The van der Waals surface area contributed by atoms with Gasteiger partial charge >= 0.3 is 0 Å². The third kappa shape index (κ3) is 6.02. The molecule has 1 atom stereocenters. The average molecular weight is 481 g/mol. The van der Waals surface area contributed by atoms with Crippen LogP contribution in [0.3, 0.4) is 0 Å². The van der Waals surface area contributed by atoms with Crippen molar-refractivity contribution in [1.82, 2.24) is 15.1 Å². The summed E-state index contributed by atoms with van der Waals surface area (Å²) in [6.45, 7) is 4.47. The van der Waals surface area contributed by atoms with Crippen LogP contribution < -0.4 is 10.2 Å². The topological polar surface area (TPSA) is 82.2 Å². The molecule has 1 aromatic rings. The fourth-order valence-electron chi connectivity index (χ4n) is 3.85. The summed E-state index contributed by atoms with van der Waals surface area (Å²) in [6, 6.07) is 7.57. The Morgan fingerprint density at radius 2 is 2.00 bits per heavy atom. The summed E-state index contributed by atoms with van der Waals surface area (Å²) in [4.78, 5) is 43.0. The first-order valence-corrected chi connectivity index (χ1v) is 11.1. The second-order valence-corrected chi connectivity index (χ2v) is 8.60. The van der Waals surface area contributed by atoms with Crippen LogP contribution in [0.15, 0.2) is 28.7 Å². The van der Waals surface area contributed by atoms with Gasteiger partial charge in [0.15, 0.2) is 0 Å². The number of rotatable bonds is 8. The number of amides is 3. The molecular weight excluding hydrogens is 452 g/mol. The normalized spacial score (nSPS) is 19.9. The van der Waals surface area contributed by atoms with Gasteiger partial charge in [-0.05, 0) is 24.6 Å². The van der Waals surface area contributed by atoms with Crippen LogP contribution in [-0.2, 0) is 19.1 Å². The van der Waals surface area contributed by atoms with Gasteiger partial charge in [-0.3, -0.25) is 19.3 Å². The summed E-state index contributed by atoms with van der Waals surface area (Å²) in [5, 5.41) is 2.89. The van der Waals surface area contributed by atoms with Crippen LogP contribution in [0, 0.1) is 5.92 Å². The summed E-state index contributed by atoms with van der Waals surface area (Å²) in [6.07, 6.45) is 1.04. The van der Waals surface area contributed by atoms with Crippen molar-refractivity contribution in [3.05, 3.63) is 28.7 Å². The van der Waals surface area contributed by atoms with Gasteiger partial charge in [-0.1, -0.05) is 22.0 Å². The lowest BCUT2D eigenvalue weighted by Crippen LogP contribution is -2.52. The predicted molar refractivity (Wildman–Crippen MR) is 117 cm³/mol. The Hall–Kier alpha value is -1.97. The van der Waals surface area contributed by atoms with Gasteiger partial charge in [0.2, 0.25) is 17.7 Å². The van der Waals surface area contributed by atoms with Crippen LogP contribution in [-0.4, -0.2) is 87.1 Å². The molecule has 9 heteroatoms. The molecule has 0 spiro atoms. The number of piperazine rings is 1. The second-order valence-electron chi connectivity index (χ2n) is 7.68. The lowest BCUT2D eigenvalue weighted by atomic mass is 10.1. The first-order valence-electron chi connectivity index (χ1n) is 10.3. The number of benzene rings is 1. The molecule has 0 radical (unpaired) electrons. The van der Waals surface area contributed by atoms with E-state index in [4.69, 9.17) is 4.74 Å². The largest absolute Gasteiger partial charge is 0.385 e. The molecule has 8 nitrogen and oxygen atoms in total. The van der Waals surface area contributed by atoms with E-state index in [1.165, 1.54) is 0 Å². The Labute approximate surface area is 185 Å². The summed E-state index contributed by atoms with van der Waals surface area (Å²) in [7, 11) is 1.64. The van der Waals surface area contributed by atoms with Crippen LogP contribution >= 0.6 is 15.9 Å². The van der Waals surface area contributed by atoms with E-state index in [0.29, 0.717) is 52.4 Å². The fourth-order valence-corrected chi connectivity index (χ4v) is 4.24. The Morgan fingerprint density at radius 1 is 1.23 bits per heavy atom. The van der Waals surface area contributed by atoms with Gasteiger partial charge in [-0.2, -0.15) is 0 Å². The maximum absolute atomic E-state index is 12.9. The van der Waals surface area contributed by atoms with E-state index in [1.807, 2.05) is 29.2 Å². The predicted octanol–water partition coefficient (Wildman–Crippen LogP) is 1.10. The molecule has 1 N–H and O–H groups in total. The molecule has 1 unspecified atom stereocenters. The number of anilines is 1. The molecule has 30 heavy (non-hydrogen) atoms. The average Bonchev–Trinajstić information content (AvgIpc) is 3.13. The molecule has 164 valence electrons. The van der Waals surface area contributed by atoms with Crippen LogP contribution in [0.1, 0.15) is 12.8 Å². The van der Waals surface area contributed by atoms with Gasteiger partial charge in [0.05, 0.1) is 12.5 Å². The van der Waals surface area contributed by atoms with Gasteiger partial charge in [0.1, 0.15) is 0 Å². The molecule has 0 saturated carbocycles. The third-order valence-electron chi connectivity index (χ3n) is 5.49. The van der Waals surface area contributed by atoms with Crippen LogP contribution in [0.25, 0.3) is 0 Å². The Kier molecular flexibility index (Phi) is 8.24. The molecule has 3 amide bonds. The smallest absolute Gasteiger partial charge is 0.234 e. The van der Waals surface area contributed by atoms with Gasteiger partial charge in [0.25, 0.3) is 0 Å². The zero-order chi connectivity index (χ0) is 21.5. The molecule has 0 bridgehead atoms. The van der Waals surface area contributed by atoms with Crippen molar-refractivity contribution in [2.24, 2.45) is 5.92 Å². The lowest BCUT2D eigenvalue weighted by molar-refractivity contribution is -0.137. The molecule has 2 heterocycles. The minimum atomic E-state index is -0.313. The van der Waals surface area contributed by atoms with Crippen LogP contribution in [0.4, 0.5) is 5.69 Å². The van der Waals surface area contributed by atoms with E-state index in [2.05, 4.69) is 26.1 Å². The molecule has 0 aromatic heterocycles. The Balaban J connectivity index is 1.44. The van der Waals surface area contributed by atoms with Gasteiger partial charge in [-0.15, -0.1) is 0 Å². The number of halogens is 1. The summed E-state index contributed by atoms with van der Waals surface area (Å²) < 4.78 is 5.87. The monoisotopic (exact) mass is 480 g/mol. The van der Waals surface area contributed by atoms with Crippen molar-refractivity contribution in [2.45, 2.75) is 12.8 Å². The molecule has 3 rings (SSSR count). The maximum Gasteiger partial charge on any atom is 0.234 e. The Morgan fingerprint density at radius 3 is 2.70 bits per heavy atom.